The van der Waals surface area contributed by atoms with Crippen molar-refractivity contribution in [3.63, 3.8) is 0 Å². The molecule has 3 nitrogen and oxygen atoms in total. The molecule has 3 atom stereocenters. The van der Waals surface area contributed by atoms with Gasteiger partial charge in [0.25, 0.3) is 0 Å². The van der Waals surface area contributed by atoms with Crippen molar-refractivity contribution in [2.45, 2.75) is 50.7 Å². The van der Waals surface area contributed by atoms with Gasteiger partial charge in [0.2, 0.25) is 0 Å². The fourth-order valence-corrected chi connectivity index (χ4v) is 3.86. The van der Waals surface area contributed by atoms with E-state index in [-0.39, 0.29) is 12.1 Å². The second kappa shape index (κ2) is 6.91. The molecule has 2 aliphatic rings. The van der Waals surface area contributed by atoms with E-state index in [1.54, 1.807) is 0 Å². The van der Waals surface area contributed by atoms with Crippen LogP contribution in [0, 0.1) is 0 Å². The Morgan fingerprint density at radius 3 is 3.10 bits per heavy atom. The number of nitrogens with two attached hydrogens (primary N) is 1. The average Bonchev–Trinajstić information content (AvgIpc) is 2.55. The summed E-state index contributed by atoms with van der Waals surface area (Å²) in [7, 11) is 0. The molecule has 1 aliphatic heterocycles. The quantitative estimate of drug-likeness (QED) is 0.925. The SMILES string of the molecule is CCN1CCOC(C(N)CC2CCCc3ccccc32)C1. The van der Waals surface area contributed by atoms with Gasteiger partial charge in [-0.3, -0.25) is 4.90 Å². The fraction of sp³-hybridized carbons (Fsp3) is 0.667. The van der Waals surface area contributed by atoms with Crippen molar-refractivity contribution in [3.05, 3.63) is 35.4 Å². The smallest absolute Gasteiger partial charge is 0.0853 e. The van der Waals surface area contributed by atoms with Gasteiger partial charge in [-0.1, -0.05) is 31.2 Å². The third-order valence-electron chi connectivity index (χ3n) is 5.15. The number of hydrogen-bond donors (Lipinski definition) is 1. The molecular weight excluding hydrogens is 260 g/mol. The van der Waals surface area contributed by atoms with Crippen LogP contribution in [-0.2, 0) is 11.2 Å². The molecule has 2 N–H and O–H groups in total. The van der Waals surface area contributed by atoms with E-state index in [9.17, 15) is 0 Å². The highest BCUT2D eigenvalue weighted by Crippen LogP contribution is 2.35. The number of rotatable bonds is 4. The van der Waals surface area contributed by atoms with Crippen LogP contribution < -0.4 is 5.73 Å². The standard InChI is InChI=1S/C18H28N2O/c1-2-20-10-11-21-18(13-20)17(19)12-15-8-5-7-14-6-3-4-9-16(14)15/h3-4,6,9,15,17-18H,2,5,7-8,10-13,19H2,1H3. The van der Waals surface area contributed by atoms with Crippen molar-refractivity contribution in [1.82, 2.24) is 4.90 Å². The summed E-state index contributed by atoms with van der Waals surface area (Å²) in [5.74, 6) is 0.616. The Hall–Kier alpha value is -0.900. The number of likely N-dealkylation sites (N-methyl/N-ethyl adjacent to an activating group) is 1. The van der Waals surface area contributed by atoms with E-state index in [4.69, 9.17) is 10.5 Å². The number of benzene rings is 1. The van der Waals surface area contributed by atoms with Crippen LogP contribution in [0.1, 0.15) is 43.2 Å². The molecular formula is C18H28N2O. The Morgan fingerprint density at radius 1 is 1.38 bits per heavy atom. The molecule has 21 heavy (non-hydrogen) atoms. The minimum atomic E-state index is 0.149. The lowest BCUT2D eigenvalue weighted by Gasteiger charge is -2.37. The van der Waals surface area contributed by atoms with Gasteiger partial charge in [0.15, 0.2) is 0 Å². The molecule has 0 bridgehead atoms. The molecule has 0 radical (unpaired) electrons. The Balaban J connectivity index is 1.64. The molecule has 116 valence electrons. The topological polar surface area (TPSA) is 38.5 Å². The minimum absolute atomic E-state index is 0.149. The van der Waals surface area contributed by atoms with Gasteiger partial charge in [-0.2, -0.15) is 0 Å². The highest BCUT2D eigenvalue weighted by Gasteiger charge is 2.29. The summed E-state index contributed by atoms with van der Waals surface area (Å²) in [6.07, 6.45) is 5.05. The Morgan fingerprint density at radius 2 is 2.24 bits per heavy atom. The van der Waals surface area contributed by atoms with E-state index >= 15 is 0 Å². The van der Waals surface area contributed by atoms with Crippen LogP contribution in [0.5, 0.6) is 0 Å². The summed E-state index contributed by atoms with van der Waals surface area (Å²) >= 11 is 0. The number of aryl methyl sites for hydroxylation is 1. The maximum atomic E-state index is 6.50. The molecule has 1 aromatic rings. The second-order valence-corrected chi connectivity index (χ2v) is 6.49. The van der Waals surface area contributed by atoms with Gasteiger partial charge in [0.1, 0.15) is 0 Å². The van der Waals surface area contributed by atoms with Gasteiger partial charge < -0.3 is 10.5 Å². The van der Waals surface area contributed by atoms with E-state index < -0.39 is 0 Å². The van der Waals surface area contributed by atoms with Crippen molar-refractivity contribution in [2.75, 3.05) is 26.2 Å². The van der Waals surface area contributed by atoms with Crippen molar-refractivity contribution < 1.29 is 4.74 Å². The number of fused-ring (bicyclic) bond motifs is 1. The van der Waals surface area contributed by atoms with Crippen LogP contribution in [0.15, 0.2) is 24.3 Å². The molecule has 3 rings (SSSR count). The zero-order valence-corrected chi connectivity index (χ0v) is 13.1. The highest BCUT2D eigenvalue weighted by atomic mass is 16.5. The summed E-state index contributed by atoms with van der Waals surface area (Å²) in [5, 5.41) is 0. The average molecular weight is 288 g/mol. The first-order chi connectivity index (χ1) is 10.3. The molecule has 0 amide bonds. The summed E-state index contributed by atoms with van der Waals surface area (Å²) in [6, 6.07) is 9.05. The zero-order chi connectivity index (χ0) is 14.7. The molecule has 0 saturated carbocycles. The Labute approximate surface area is 128 Å². The van der Waals surface area contributed by atoms with Crippen LogP contribution in [0.3, 0.4) is 0 Å². The van der Waals surface area contributed by atoms with E-state index in [0.717, 1.165) is 32.7 Å². The summed E-state index contributed by atoms with van der Waals surface area (Å²) in [5.41, 5.74) is 9.56. The predicted molar refractivity (Wildman–Crippen MR) is 86.6 cm³/mol. The van der Waals surface area contributed by atoms with Crippen LogP contribution in [0.25, 0.3) is 0 Å². The van der Waals surface area contributed by atoms with Gasteiger partial charge in [-0.05, 0) is 49.3 Å². The molecule has 3 unspecified atom stereocenters. The van der Waals surface area contributed by atoms with E-state index in [1.165, 1.54) is 30.4 Å². The molecule has 1 aromatic carbocycles. The first kappa shape index (κ1) is 15.0. The van der Waals surface area contributed by atoms with E-state index in [0.29, 0.717) is 5.92 Å². The molecule has 1 fully saturated rings. The highest BCUT2D eigenvalue weighted by molar-refractivity contribution is 5.32. The molecule has 1 saturated heterocycles. The first-order valence-electron chi connectivity index (χ1n) is 8.45. The lowest BCUT2D eigenvalue weighted by atomic mass is 9.79. The van der Waals surface area contributed by atoms with E-state index in [2.05, 4.69) is 36.1 Å². The molecule has 3 heteroatoms. The Kier molecular flexibility index (Phi) is 4.94. The third-order valence-corrected chi connectivity index (χ3v) is 5.15. The number of morpholine rings is 1. The van der Waals surface area contributed by atoms with Crippen LogP contribution >= 0.6 is 0 Å². The van der Waals surface area contributed by atoms with Gasteiger partial charge in [-0.25, -0.2) is 0 Å². The van der Waals surface area contributed by atoms with Gasteiger partial charge in [-0.15, -0.1) is 0 Å². The van der Waals surface area contributed by atoms with Crippen LogP contribution in [-0.4, -0.2) is 43.3 Å². The van der Waals surface area contributed by atoms with Crippen molar-refractivity contribution in [1.29, 1.82) is 0 Å². The summed E-state index contributed by atoms with van der Waals surface area (Å²) in [6.45, 7) is 6.18. The third kappa shape index (κ3) is 3.47. The van der Waals surface area contributed by atoms with E-state index in [1.807, 2.05) is 0 Å². The van der Waals surface area contributed by atoms with Crippen molar-refractivity contribution >= 4 is 0 Å². The minimum Gasteiger partial charge on any atom is -0.374 e. The molecule has 1 heterocycles. The first-order valence-corrected chi connectivity index (χ1v) is 8.45. The van der Waals surface area contributed by atoms with Crippen LogP contribution in [0.2, 0.25) is 0 Å². The summed E-state index contributed by atoms with van der Waals surface area (Å²) in [4.78, 5) is 2.45. The maximum absolute atomic E-state index is 6.50. The lowest BCUT2D eigenvalue weighted by Crippen LogP contribution is -2.50. The Bertz CT molecular complexity index is 462. The summed E-state index contributed by atoms with van der Waals surface area (Å²) < 4.78 is 5.93. The number of ether oxygens (including phenoxy) is 1. The van der Waals surface area contributed by atoms with Gasteiger partial charge in [0, 0.05) is 19.1 Å². The number of hydrogen-bond acceptors (Lipinski definition) is 3. The normalized spacial score (nSPS) is 28.1. The molecule has 1 aliphatic carbocycles. The lowest BCUT2D eigenvalue weighted by molar-refractivity contribution is -0.0409. The van der Waals surface area contributed by atoms with Crippen LogP contribution in [0.4, 0.5) is 0 Å². The van der Waals surface area contributed by atoms with Gasteiger partial charge >= 0.3 is 0 Å². The monoisotopic (exact) mass is 288 g/mol. The predicted octanol–water partition coefficient (Wildman–Crippen LogP) is 2.54. The molecule has 0 spiro atoms. The number of nitrogens with zero attached hydrogens (tertiary/aromatic N) is 1. The fourth-order valence-electron chi connectivity index (χ4n) is 3.86. The van der Waals surface area contributed by atoms with Crippen molar-refractivity contribution in [2.24, 2.45) is 5.73 Å². The van der Waals surface area contributed by atoms with Crippen molar-refractivity contribution in [3.8, 4) is 0 Å². The molecule has 0 aromatic heterocycles. The maximum Gasteiger partial charge on any atom is 0.0853 e. The largest absolute Gasteiger partial charge is 0.374 e. The second-order valence-electron chi connectivity index (χ2n) is 6.49. The van der Waals surface area contributed by atoms with Gasteiger partial charge in [0.05, 0.1) is 12.7 Å². The zero-order valence-electron chi connectivity index (χ0n) is 13.1.